The molecule has 3 rings (SSSR count). The van der Waals surface area contributed by atoms with Gasteiger partial charge in [-0.3, -0.25) is 4.79 Å². The van der Waals surface area contributed by atoms with E-state index in [9.17, 15) is 4.79 Å². The van der Waals surface area contributed by atoms with Gasteiger partial charge < -0.3 is 9.88 Å². The highest BCUT2D eigenvalue weighted by molar-refractivity contribution is 6.01. The summed E-state index contributed by atoms with van der Waals surface area (Å²) in [4.78, 5) is 17.8. The molecule has 2 heterocycles. The molecule has 1 fully saturated rings. The molecule has 1 N–H and O–H groups in total. The van der Waals surface area contributed by atoms with E-state index in [0.29, 0.717) is 0 Å². The molecule has 2 aromatic rings. The van der Waals surface area contributed by atoms with Crippen LogP contribution in [0, 0.1) is 5.92 Å². The second-order valence-corrected chi connectivity index (χ2v) is 6.55. The first-order valence-corrected chi connectivity index (χ1v) is 8.52. The van der Waals surface area contributed by atoms with Crippen LogP contribution < -0.4 is 0 Å². The average Bonchev–Trinajstić information content (AvgIpc) is 2.92. The Balaban J connectivity index is 1.78. The van der Waals surface area contributed by atoms with Crippen molar-refractivity contribution >= 4 is 16.7 Å². The number of benzene rings is 1. The third-order valence-corrected chi connectivity index (χ3v) is 5.02. The summed E-state index contributed by atoms with van der Waals surface area (Å²) in [5.41, 5.74) is 3.07. The zero-order valence-corrected chi connectivity index (χ0v) is 13.7. The van der Waals surface area contributed by atoms with E-state index in [4.69, 9.17) is 0 Å². The van der Waals surface area contributed by atoms with Gasteiger partial charge in [0.05, 0.1) is 5.69 Å². The van der Waals surface area contributed by atoms with Crippen LogP contribution >= 0.6 is 0 Å². The van der Waals surface area contributed by atoms with Gasteiger partial charge in [0.15, 0.2) is 5.78 Å². The molecule has 0 amide bonds. The van der Waals surface area contributed by atoms with Crippen molar-refractivity contribution in [2.24, 2.45) is 5.92 Å². The maximum absolute atomic E-state index is 11.9. The fraction of sp³-hybridized carbons (Fsp3) is 0.526. The lowest BCUT2D eigenvalue weighted by Gasteiger charge is -2.32. The minimum absolute atomic E-state index is 0.135. The summed E-state index contributed by atoms with van der Waals surface area (Å²) in [6, 6.07) is 8.25. The average molecular weight is 298 g/mol. The molecule has 1 aliphatic rings. The highest BCUT2D eigenvalue weighted by Gasteiger charge is 2.20. The topological polar surface area (TPSA) is 36.1 Å². The molecule has 22 heavy (non-hydrogen) atoms. The summed E-state index contributed by atoms with van der Waals surface area (Å²) in [6.07, 6.45) is 4.92. The third-order valence-electron chi connectivity index (χ3n) is 5.02. The highest BCUT2D eigenvalue weighted by atomic mass is 16.1. The van der Waals surface area contributed by atoms with Gasteiger partial charge in [-0.05, 0) is 43.4 Å². The summed E-state index contributed by atoms with van der Waals surface area (Å²) in [7, 11) is 0. The number of piperidine rings is 1. The van der Waals surface area contributed by atoms with Crippen LogP contribution in [0.1, 0.15) is 49.2 Å². The van der Waals surface area contributed by atoms with E-state index in [1.807, 2.05) is 6.07 Å². The molecule has 3 heteroatoms. The van der Waals surface area contributed by atoms with Crippen molar-refractivity contribution < 1.29 is 4.79 Å². The van der Waals surface area contributed by atoms with Gasteiger partial charge >= 0.3 is 0 Å². The predicted octanol–water partition coefficient (Wildman–Crippen LogP) is 4.04. The van der Waals surface area contributed by atoms with Crippen molar-refractivity contribution in [1.29, 1.82) is 0 Å². The number of para-hydroxylation sites is 1. The van der Waals surface area contributed by atoms with Crippen molar-refractivity contribution in [3.63, 3.8) is 0 Å². The van der Waals surface area contributed by atoms with Crippen molar-refractivity contribution in [3.05, 3.63) is 35.5 Å². The molecule has 0 unspecified atom stereocenters. The second kappa shape index (κ2) is 6.66. The number of H-pyrrole nitrogens is 1. The van der Waals surface area contributed by atoms with Crippen LogP contribution in [0.3, 0.4) is 0 Å². The molecule has 0 bridgehead atoms. The molecule has 1 aromatic carbocycles. The van der Waals surface area contributed by atoms with E-state index in [1.165, 1.54) is 43.3 Å². The molecular formula is C19H26N2O. The first-order valence-electron chi connectivity index (χ1n) is 8.52. The van der Waals surface area contributed by atoms with E-state index in [1.54, 1.807) is 6.92 Å². The van der Waals surface area contributed by atoms with E-state index >= 15 is 0 Å². The van der Waals surface area contributed by atoms with Crippen molar-refractivity contribution in [2.75, 3.05) is 19.6 Å². The van der Waals surface area contributed by atoms with Crippen LogP contribution in [-0.4, -0.2) is 35.3 Å². The zero-order valence-electron chi connectivity index (χ0n) is 13.7. The monoisotopic (exact) mass is 298 g/mol. The molecule has 0 saturated carbocycles. The number of Topliss-reactive ketones (excluding diaryl/α,β-unsaturated/α-hetero) is 1. The van der Waals surface area contributed by atoms with Gasteiger partial charge in [-0.1, -0.05) is 31.5 Å². The number of hydrogen-bond acceptors (Lipinski definition) is 2. The van der Waals surface area contributed by atoms with Crippen LogP contribution in [0.25, 0.3) is 10.9 Å². The maximum atomic E-state index is 11.9. The Hall–Kier alpha value is -1.61. The SMILES string of the molecule is CC[C@@H]1CCCN(CCc2c(C(C)=O)[nH]c3ccccc23)C1. The Labute approximate surface area is 132 Å². The van der Waals surface area contributed by atoms with Crippen molar-refractivity contribution in [2.45, 2.75) is 39.5 Å². The summed E-state index contributed by atoms with van der Waals surface area (Å²) < 4.78 is 0. The smallest absolute Gasteiger partial charge is 0.176 e. The van der Waals surface area contributed by atoms with Crippen LogP contribution in [0.15, 0.2) is 24.3 Å². The summed E-state index contributed by atoms with van der Waals surface area (Å²) in [5, 5.41) is 1.21. The number of rotatable bonds is 5. The number of hydrogen-bond donors (Lipinski definition) is 1. The molecule has 1 saturated heterocycles. The van der Waals surface area contributed by atoms with Crippen LogP contribution in [-0.2, 0) is 6.42 Å². The lowest BCUT2D eigenvalue weighted by Crippen LogP contribution is -2.36. The van der Waals surface area contributed by atoms with Crippen LogP contribution in [0.2, 0.25) is 0 Å². The Morgan fingerprint density at radius 3 is 2.95 bits per heavy atom. The highest BCUT2D eigenvalue weighted by Crippen LogP contribution is 2.25. The van der Waals surface area contributed by atoms with E-state index < -0.39 is 0 Å². The Bertz CT molecular complexity index is 658. The third kappa shape index (κ3) is 3.09. The number of nitrogens with zero attached hydrogens (tertiary/aromatic N) is 1. The summed E-state index contributed by atoms with van der Waals surface area (Å²) in [5.74, 6) is 0.986. The first kappa shape index (κ1) is 15.3. The van der Waals surface area contributed by atoms with Gasteiger partial charge in [0.1, 0.15) is 0 Å². The molecule has 0 aliphatic carbocycles. The number of carbonyl (C=O) groups is 1. The Morgan fingerprint density at radius 2 is 2.18 bits per heavy atom. The number of aromatic amines is 1. The molecular weight excluding hydrogens is 272 g/mol. The van der Waals surface area contributed by atoms with Gasteiger partial charge in [-0.15, -0.1) is 0 Å². The summed E-state index contributed by atoms with van der Waals surface area (Å²) >= 11 is 0. The van der Waals surface area contributed by atoms with Gasteiger partial charge in [0.2, 0.25) is 0 Å². The van der Waals surface area contributed by atoms with Gasteiger partial charge in [0, 0.05) is 30.9 Å². The summed E-state index contributed by atoms with van der Waals surface area (Å²) in [6.45, 7) is 7.42. The molecule has 0 spiro atoms. The number of nitrogens with one attached hydrogen (secondary N) is 1. The number of aromatic nitrogens is 1. The minimum Gasteiger partial charge on any atom is -0.352 e. The zero-order chi connectivity index (χ0) is 15.5. The Morgan fingerprint density at radius 1 is 1.36 bits per heavy atom. The number of fused-ring (bicyclic) bond motifs is 1. The van der Waals surface area contributed by atoms with Crippen LogP contribution in [0.5, 0.6) is 0 Å². The van der Waals surface area contributed by atoms with E-state index in [2.05, 4.69) is 35.0 Å². The van der Waals surface area contributed by atoms with Crippen molar-refractivity contribution in [3.8, 4) is 0 Å². The largest absolute Gasteiger partial charge is 0.352 e. The quantitative estimate of drug-likeness (QED) is 0.846. The van der Waals surface area contributed by atoms with Gasteiger partial charge in [-0.2, -0.15) is 0 Å². The lowest BCUT2D eigenvalue weighted by molar-refractivity contribution is 0.101. The van der Waals surface area contributed by atoms with Gasteiger partial charge in [-0.25, -0.2) is 0 Å². The first-order chi connectivity index (χ1) is 10.7. The molecule has 1 aliphatic heterocycles. The Kier molecular flexibility index (Phi) is 4.63. The number of carbonyl (C=O) groups excluding carboxylic acids is 1. The molecule has 0 radical (unpaired) electrons. The number of likely N-dealkylation sites (tertiary alicyclic amines) is 1. The number of ketones is 1. The standard InChI is InChI=1S/C19H26N2O/c1-3-15-7-6-11-21(13-15)12-10-17-16-8-4-5-9-18(16)20-19(17)14(2)22/h4-5,8-9,15,20H,3,6-7,10-13H2,1-2H3/t15-/m1/s1. The second-order valence-electron chi connectivity index (χ2n) is 6.55. The predicted molar refractivity (Wildman–Crippen MR) is 91.5 cm³/mol. The van der Waals surface area contributed by atoms with Crippen LogP contribution in [0.4, 0.5) is 0 Å². The minimum atomic E-state index is 0.135. The normalized spacial score (nSPS) is 19.6. The van der Waals surface area contributed by atoms with Gasteiger partial charge in [0.25, 0.3) is 0 Å². The van der Waals surface area contributed by atoms with E-state index in [-0.39, 0.29) is 5.78 Å². The lowest BCUT2D eigenvalue weighted by atomic mass is 9.95. The van der Waals surface area contributed by atoms with E-state index in [0.717, 1.165) is 30.1 Å². The molecule has 118 valence electrons. The fourth-order valence-corrected chi connectivity index (χ4v) is 3.72. The fourth-order valence-electron chi connectivity index (χ4n) is 3.72. The molecule has 1 atom stereocenters. The maximum Gasteiger partial charge on any atom is 0.176 e. The molecule has 1 aromatic heterocycles. The van der Waals surface area contributed by atoms with Crippen molar-refractivity contribution in [1.82, 2.24) is 9.88 Å². The molecule has 3 nitrogen and oxygen atoms in total.